The molecule has 0 aliphatic heterocycles. The first-order chi connectivity index (χ1) is 18.1. The van der Waals surface area contributed by atoms with E-state index in [0.29, 0.717) is 91.3 Å². The van der Waals surface area contributed by atoms with Crippen molar-refractivity contribution in [1.29, 1.82) is 0 Å². The molecule has 0 saturated carbocycles. The molecule has 0 aromatic rings. The summed E-state index contributed by atoms with van der Waals surface area (Å²) in [6.07, 6.45) is 7.41. The highest BCUT2D eigenvalue weighted by Gasteiger charge is 2.03. The summed E-state index contributed by atoms with van der Waals surface area (Å²) >= 11 is 0. The van der Waals surface area contributed by atoms with E-state index in [2.05, 4.69) is 13.5 Å². The Bertz CT molecular complexity index is 541. The van der Waals surface area contributed by atoms with Gasteiger partial charge < -0.3 is 37.9 Å². The molecule has 0 aromatic carbocycles. The molecule has 0 N–H and O–H groups in total. The Morgan fingerprint density at radius 2 is 0.865 bits per heavy atom. The number of hydrogen-bond acceptors (Lipinski definition) is 10. The largest absolute Gasteiger partial charge is 0.463 e. The Morgan fingerprint density at radius 1 is 0.514 bits per heavy atom. The van der Waals surface area contributed by atoms with E-state index in [4.69, 9.17) is 37.9 Å². The van der Waals surface area contributed by atoms with Gasteiger partial charge in [0.15, 0.2) is 0 Å². The minimum absolute atomic E-state index is 0.147. The van der Waals surface area contributed by atoms with Gasteiger partial charge in [0.25, 0.3) is 0 Å². The first kappa shape index (κ1) is 35.4. The number of ether oxygens (including phenoxy) is 8. The standard InChI is InChI=1S/C27H50O10/c1-4-5-6-7-8-9-10-26(28)36-23-21-34-19-17-32-15-13-30-11-12-31-14-16-33-18-20-35-22-24-37-27(29)25(2)3/h2,4-24H2,1,3H3. The fourth-order valence-electron chi connectivity index (χ4n) is 2.85. The number of carbonyl (C=O) groups is 2. The van der Waals surface area contributed by atoms with Gasteiger partial charge in [-0.25, -0.2) is 4.79 Å². The molecule has 0 amide bonds. The lowest BCUT2D eigenvalue weighted by atomic mass is 10.1. The fraction of sp³-hybridized carbons (Fsp3) is 0.852. The summed E-state index contributed by atoms with van der Waals surface area (Å²) in [6, 6.07) is 0. The smallest absolute Gasteiger partial charge is 0.333 e. The second-order valence-electron chi connectivity index (χ2n) is 8.33. The van der Waals surface area contributed by atoms with Crippen LogP contribution < -0.4 is 0 Å². The second-order valence-corrected chi connectivity index (χ2v) is 8.33. The van der Waals surface area contributed by atoms with Gasteiger partial charge in [-0.3, -0.25) is 4.79 Å². The highest BCUT2D eigenvalue weighted by atomic mass is 16.6. The highest BCUT2D eigenvalue weighted by Crippen LogP contribution is 2.07. The molecule has 10 heteroatoms. The third kappa shape index (κ3) is 28.9. The fourth-order valence-corrected chi connectivity index (χ4v) is 2.85. The van der Waals surface area contributed by atoms with Crippen LogP contribution >= 0.6 is 0 Å². The second kappa shape index (κ2) is 29.0. The van der Waals surface area contributed by atoms with Crippen molar-refractivity contribution in [2.75, 3.05) is 92.5 Å². The van der Waals surface area contributed by atoms with E-state index in [-0.39, 0.29) is 19.2 Å². The number of unbranched alkanes of at least 4 members (excludes halogenated alkanes) is 5. The maximum atomic E-state index is 11.6. The van der Waals surface area contributed by atoms with Crippen LogP contribution in [0, 0.1) is 0 Å². The van der Waals surface area contributed by atoms with Crippen LogP contribution in [-0.4, -0.2) is 104 Å². The number of rotatable bonds is 29. The van der Waals surface area contributed by atoms with Gasteiger partial charge >= 0.3 is 11.9 Å². The average molecular weight is 535 g/mol. The molecule has 0 rings (SSSR count). The molecule has 0 aliphatic carbocycles. The Kier molecular flexibility index (Phi) is 27.8. The van der Waals surface area contributed by atoms with E-state index in [0.717, 1.165) is 12.8 Å². The van der Waals surface area contributed by atoms with E-state index in [1.54, 1.807) is 6.92 Å². The van der Waals surface area contributed by atoms with Crippen LogP contribution in [0.15, 0.2) is 12.2 Å². The number of hydrogen-bond donors (Lipinski definition) is 0. The lowest BCUT2D eigenvalue weighted by Gasteiger charge is -2.09. The van der Waals surface area contributed by atoms with Crippen molar-refractivity contribution in [1.82, 2.24) is 0 Å². The molecule has 10 nitrogen and oxygen atoms in total. The van der Waals surface area contributed by atoms with Crippen LogP contribution in [0.3, 0.4) is 0 Å². The van der Waals surface area contributed by atoms with E-state index in [1.807, 2.05) is 0 Å². The summed E-state index contributed by atoms with van der Waals surface area (Å²) in [6.45, 7) is 13.1. The molecule has 0 fully saturated rings. The van der Waals surface area contributed by atoms with Gasteiger partial charge in [-0.05, 0) is 13.3 Å². The first-order valence-electron chi connectivity index (χ1n) is 13.5. The lowest BCUT2D eigenvalue weighted by Crippen LogP contribution is -2.15. The minimum atomic E-state index is -0.412. The third-order valence-electron chi connectivity index (χ3n) is 4.89. The summed E-state index contributed by atoms with van der Waals surface area (Å²) in [5.74, 6) is -0.560. The Morgan fingerprint density at radius 3 is 1.27 bits per heavy atom. The molecule has 0 aromatic heterocycles. The van der Waals surface area contributed by atoms with Crippen molar-refractivity contribution in [3.05, 3.63) is 12.2 Å². The Balaban J connectivity index is 3.14. The van der Waals surface area contributed by atoms with Crippen LogP contribution in [0.1, 0.15) is 58.8 Å². The maximum absolute atomic E-state index is 11.6. The van der Waals surface area contributed by atoms with Crippen molar-refractivity contribution < 1.29 is 47.5 Å². The molecule has 0 bridgehead atoms. The maximum Gasteiger partial charge on any atom is 0.333 e. The van der Waals surface area contributed by atoms with E-state index >= 15 is 0 Å². The van der Waals surface area contributed by atoms with E-state index in [9.17, 15) is 9.59 Å². The van der Waals surface area contributed by atoms with E-state index in [1.165, 1.54) is 25.7 Å². The zero-order valence-corrected chi connectivity index (χ0v) is 23.1. The lowest BCUT2D eigenvalue weighted by molar-refractivity contribution is -0.145. The van der Waals surface area contributed by atoms with Gasteiger partial charge in [0.2, 0.25) is 0 Å². The SMILES string of the molecule is C=C(C)C(=O)OCCOCCOCCOCCOCCOCCOCCOC(=O)CCCCCCCC. The van der Waals surface area contributed by atoms with Gasteiger partial charge in [-0.1, -0.05) is 45.6 Å². The molecule has 0 atom stereocenters. The monoisotopic (exact) mass is 534 g/mol. The quantitative estimate of drug-likeness (QED) is 0.0804. The molecule has 218 valence electrons. The topological polar surface area (TPSA) is 108 Å². The van der Waals surface area contributed by atoms with Gasteiger partial charge in [-0.15, -0.1) is 0 Å². The predicted octanol–water partition coefficient (Wildman–Crippen LogP) is 3.50. The van der Waals surface area contributed by atoms with Crippen molar-refractivity contribution in [2.45, 2.75) is 58.8 Å². The minimum Gasteiger partial charge on any atom is -0.463 e. The first-order valence-corrected chi connectivity index (χ1v) is 13.5. The van der Waals surface area contributed by atoms with Crippen molar-refractivity contribution in [2.24, 2.45) is 0 Å². The van der Waals surface area contributed by atoms with E-state index < -0.39 is 5.97 Å². The number of esters is 2. The van der Waals surface area contributed by atoms with Gasteiger partial charge in [-0.2, -0.15) is 0 Å². The van der Waals surface area contributed by atoms with Gasteiger partial charge in [0.1, 0.15) is 13.2 Å². The van der Waals surface area contributed by atoms with Crippen molar-refractivity contribution in [3.63, 3.8) is 0 Å². The molecule has 0 heterocycles. The van der Waals surface area contributed by atoms with Gasteiger partial charge in [0.05, 0.1) is 79.3 Å². The van der Waals surface area contributed by atoms with Crippen LogP contribution in [0.25, 0.3) is 0 Å². The summed E-state index contributed by atoms with van der Waals surface area (Å²) in [7, 11) is 0. The highest BCUT2D eigenvalue weighted by molar-refractivity contribution is 5.86. The molecule has 0 saturated heterocycles. The Hall–Kier alpha value is -1.56. The summed E-state index contributed by atoms with van der Waals surface area (Å²) in [5.41, 5.74) is 0.370. The number of carbonyl (C=O) groups excluding carboxylic acids is 2. The predicted molar refractivity (Wildman–Crippen MR) is 140 cm³/mol. The summed E-state index contributed by atoms with van der Waals surface area (Å²) in [5, 5.41) is 0. The normalized spacial score (nSPS) is 11.0. The molecule has 0 unspecified atom stereocenters. The summed E-state index contributed by atoms with van der Waals surface area (Å²) in [4.78, 5) is 22.8. The van der Waals surface area contributed by atoms with Crippen molar-refractivity contribution in [3.8, 4) is 0 Å². The van der Waals surface area contributed by atoms with Crippen LogP contribution in [0.2, 0.25) is 0 Å². The van der Waals surface area contributed by atoms with Crippen molar-refractivity contribution >= 4 is 11.9 Å². The Labute approximate surface area is 223 Å². The zero-order valence-electron chi connectivity index (χ0n) is 23.1. The molecular weight excluding hydrogens is 484 g/mol. The molecule has 0 spiro atoms. The molecule has 37 heavy (non-hydrogen) atoms. The van der Waals surface area contributed by atoms with Crippen LogP contribution in [-0.2, 0) is 47.5 Å². The average Bonchev–Trinajstić information content (AvgIpc) is 2.88. The zero-order chi connectivity index (χ0) is 27.2. The van der Waals surface area contributed by atoms with Crippen LogP contribution in [0.4, 0.5) is 0 Å². The van der Waals surface area contributed by atoms with Crippen LogP contribution in [0.5, 0.6) is 0 Å². The molecular formula is C27H50O10. The third-order valence-corrected chi connectivity index (χ3v) is 4.89. The summed E-state index contributed by atoms with van der Waals surface area (Å²) < 4.78 is 42.4. The molecule has 0 aliphatic rings. The molecule has 0 radical (unpaired) electrons. The van der Waals surface area contributed by atoms with Gasteiger partial charge in [0, 0.05) is 12.0 Å².